The molecule has 21 heavy (non-hydrogen) atoms. The van der Waals surface area contributed by atoms with Crippen molar-refractivity contribution < 1.29 is 9.59 Å². The summed E-state index contributed by atoms with van der Waals surface area (Å²) >= 11 is 0. The molecule has 0 spiro atoms. The first-order chi connectivity index (χ1) is 9.95. The molecule has 0 radical (unpaired) electrons. The Bertz CT molecular complexity index is 592. The molecule has 1 heterocycles. The molecule has 2 N–H and O–H groups in total. The number of nitrogen functional groups attached to an aromatic ring is 1. The highest BCUT2D eigenvalue weighted by Crippen LogP contribution is 2.37. The minimum absolute atomic E-state index is 0.0615. The zero-order chi connectivity index (χ0) is 15.6. The van der Waals surface area contributed by atoms with Crippen LogP contribution >= 0.6 is 0 Å². The van der Waals surface area contributed by atoms with Crippen molar-refractivity contribution in [1.29, 1.82) is 0 Å². The lowest BCUT2D eigenvalue weighted by Crippen LogP contribution is -2.36. The molecule has 0 bridgehead atoms. The van der Waals surface area contributed by atoms with Crippen LogP contribution in [0.2, 0.25) is 0 Å². The van der Waals surface area contributed by atoms with Gasteiger partial charge in [0.2, 0.25) is 0 Å². The van der Waals surface area contributed by atoms with E-state index in [1.54, 1.807) is 6.92 Å². The average Bonchev–Trinajstić information content (AvgIpc) is 2.78. The number of carbonyl (C=O) groups excluding carboxylic acids is 2. The normalized spacial score (nSPS) is 15.0. The molecule has 1 aliphatic heterocycles. The van der Waals surface area contributed by atoms with Gasteiger partial charge in [0.1, 0.15) is 5.78 Å². The van der Waals surface area contributed by atoms with Crippen LogP contribution in [-0.4, -0.2) is 22.5 Å². The maximum atomic E-state index is 12.0. The van der Waals surface area contributed by atoms with Crippen LogP contribution in [0.3, 0.4) is 0 Å². The molecular formula is C17H22N2O2. The summed E-state index contributed by atoms with van der Waals surface area (Å²) in [5.74, 6) is 0.245. The maximum absolute atomic E-state index is 12.0. The summed E-state index contributed by atoms with van der Waals surface area (Å²) in [7, 11) is 0. The Morgan fingerprint density at radius 3 is 2.71 bits per heavy atom. The Kier molecular flexibility index (Phi) is 4.46. The summed E-state index contributed by atoms with van der Waals surface area (Å²) in [6.45, 7) is 8.10. The number of anilines is 1. The molecule has 4 heteroatoms. The van der Waals surface area contributed by atoms with Crippen LogP contribution in [0.5, 0.6) is 0 Å². The van der Waals surface area contributed by atoms with Crippen molar-refractivity contribution in [3.63, 3.8) is 0 Å². The summed E-state index contributed by atoms with van der Waals surface area (Å²) in [5, 5.41) is 0. The van der Waals surface area contributed by atoms with Gasteiger partial charge in [-0.15, -0.1) is 0 Å². The first-order valence-electron chi connectivity index (χ1n) is 7.31. The number of rotatable bonds is 6. The third kappa shape index (κ3) is 2.99. The third-order valence-corrected chi connectivity index (χ3v) is 4.13. The van der Waals surface area contributed by atoms with Gasteiger partial charge in [0.25, 0.3) is 0 Å². The molecule has 0 saturated carbocycles. The van der Waals surface area contributed by atoms with Crippen LogP contribution in [-0.2, 0) is 16.1 Å². The van der Waals surface area contributed by atoms with E-state index < -0.39 is 0 Å². The van der Waals surface area contributed by atoms with Gasteiger partial charge < -0.3 is 10.6 Å². The molecule has 2 rings (SSSR count). The second kappa shape index (κ2) is 6.12. The highest BCUT2D eigenvalue weighted by atomic mass is 16.1. The van der Waals surface area contributed by atoms with Gasteiger partial charge in [-0.3, -0.25) is 9.59 Å². The molecule has 4 nitrogen and oxygen atoms in total. The predicted octanol–water partition coefficient (Wildman–Crippen LogP) is 2.77. The number of nitrogens with two attached hydrogens (primary N) is 1. The van der Waals surface area contributed by atoms with Crippen LogP contribution in [0.1, 0.15) is 44.2 Å². The summed E-state index contributed by atoms with van der Waals surface area (Å²) < 4.78 is 0. The van der Waals surface area contributed by atoms with E-state index in [-0.39, 0.29) is 17.6 Å². The predicted molar refractivity (Wildman–Crippen MR) is 84.4 cm³/mol. The number of carbonyl (C=O) groups is 2. The van der Waals surface area contributed by atoms with Gasteiger partial charge in [-0.25, -0.2) is 0 Å². The average molecular weight is 286 g/mol. The van der Waals surface area contributed by atoms with Gasteiger partial charge in [-0.1, -0.05) is 25.6 Å². The summed E-state index contributed by atoms with van der Waals surface area (Å²) in [5.41, 5.74) is 9.58. The van der Waals surface area contributed by atoms with E-state index in [0.717, 1.165) is 22.5 Å². The van der Waals surface area contributed by atoms with Crippen LogP contribution in [0.25, 0.3) is 5.70 Å². The smallest absolute Gasteiger partial charge is 0.152 e. The minimum atomic E-state index is -0.306. The van der Waals surface area contributed by atoms with Crippen molar-refractivity contribution in [2.75, 3.05) is 5.73 Å². The summed E-state index contributed by atoms with van der Waals surface area (Å²) in [6.07, 6.45) is 1.48. The lowest BCUT2D eigenvalue weighted by Gasteiger charge is -2.28. The van der Waals surface area contributed by atoms with E-state index in [2.05, 4.69) is 6.58 Å². The Morgan fingerprint density at radius 2 is 2.14 bits per heavy atom. The van der Waals surface area contributed by atoms with E-state index >= 15 is 0 Å². The molecule has 0 fully saturated rings. The van der Waals surface area contributed by atoms with Crippen molar-refractivity contribution in [3.8, 4) is 0 Å². The number of Topliss-reactive ketones (excluding diaryl/α,β-unsaturated/α-hetero) is 2. The minimum Gasteiger partial charge on any atom is -0.398 e. The topological polar surface area (TPSA) is 63.4 Å². The Balaban J connectivity index is 2.20. The van der Waals surface area contributed by atoms with Crippen LogP contribution in [0, 0.1) is 0 Å². The van der Waals surface area contributed by atoms with Crippen LogP contribution < -0.4 is 5.73 Å². The number of fused-ring (bicyclic) bond motifs is 1. The number of hydrogen-bond acceptors (Lipinski definition) is 4. The fourth-order valence-corrected chi connectivity index (χ4v) is 2.82. The monoisotopic (exact) mass is 286 g/mol. The molecule has 0 aromatic heterocycles. The van der Waals surface area contributed by atoms with Gasteiger partial charge >= 0.3 is 0 Å². The van der Waals surface area contributed by atoms with Crippen LogP contribution in [0.4, 0.5) is 5.69 Å². The van der Waals surface area contributed by atoms with Crippen molar-refractivity contribution in [1.82, 2.24) is 4.90 Å². The van der Waals surface area contributed by atoms with Gasteiger partial charge in [0.15, 0.2) is 5.78 Å². The number of ketones is 2. The standard InChI is InChI=1S/C17H22N2O2/c1-4-13(21)8-9-17(12(3)20)19-10-15-14(11(19)2)6-5-7-16(15)18/h5-7,17H,2,4,8-10,18H2,1,3H3. The van der Waals surface area contributed by atoms with Gasteiger partial charge in [0.05, 0.1) is 6.04 Å². The summed E-state index contributed by atoms with van der Waals surface area (Å²) in [4.78, 5) is 25.5. The van der Waals surface area contributed by atoms with Gasteiger partial charge in [-0.2, -0.15) is 0 Å². The Hall–Kier alpha value is -2.10. The zero-order valence-electron chi connectivity index (χ0n) is 12.7. The third-order valence-electron chi connectivity index (χ3n) is 4.13. The Labute approximate surface area is 125 Å². The molecule has 1 unspecified atom stereocenters. The van der Waals surface area contributed by atoms with Crippen molar-refractivity contribution >= 4 is 23.0 Å². The lowest BCUT2D eigenvalue weighted by atomic mass is 10.0. The van der Waals surface area contributed by atoms with E-state index in [1.165, 1.54) is 0 Å². The molecule has 0 saturated heterocycles. The molecule has 1 atom stereocenters. The maximum Gasteiger partial charge on any atom is 0.152 e. The van der Waals surface area contributed by atoms with Crippen molar-refractivity contribution in [3.05, 3.63) is 35.9 Å². The summed E-state index contributed by atoms with van der Waals surface area (Å²) in [6, 6.07) is 5.42. The number of nitrogens with zero attached hydrogens (tertiary/aromatic N) is 1. The fraction of sp³-hybridized carbons (Fsp3) is 0.412. The van der Waals surface area contributed by atoms with Gasteiger partial charge in [-0.05, 0) is 19.4 Å². The molecular weight excluding hydrogens is 264 g/mol. The van der Waals surface area contributed by atoms with E-state index in [4.69, 9.17) is 5.73 Å². The SMILES string of the molecule is C=C1c2cccc(N)c2CN1C(CCC(=O)CC)C(C)=O. The van der Waals surface area contributed by atoms with Crippen molar-refractivity contribution in [2.45, 2.75) is 45.7 Å². The quantitative estimate of drug-likeness (QED) is 0.817. The fourth-order valence-electron chi connectivity index (χ4n) is 2.82. The highest BCUT2D eigenvalue weighted by Gasteiger charge is 2.31. The van der Waals surface area contributed by atoms with E-state index in [0.29, 0.717) is 25.8 Å². The van der Waals surface area contributed by atoms with Gasteiger partial charge in [0, 0.05) is 41.9 Å². The largest absolute Gasteiger partial charge is 0.398 e. The molecule has 0 aliphatic carbocycles. The molecule has 1 aliphatic rings. The van der Waals surface area contributed by atoms with E-state index in [9.17, 15) is 9.59 Å². The van der Waals surface area contributed by atoms with Crippen molar-refractivity contribution in [2.24, 2.45) is 0 Å². The molecule has 1 aromatic rings. The molecule has 0 amide bonds. The second-order valence-electron chi connectivity index (χ2n) is 5.51. The number of hydrogen-bond donors (Lipinski definition) is 1. The van der Waals surface area contributed by atoms with Crippen LogP contribution in [0.15, 0.2) is 24.8 Å². The van der Waals surface area contributed by atoms with E-state index in [1.807, 2.05) is 30.0 Å². The zero-order valence-corrected chi connectivity index (χ0v) is 12.7. The second-order valence-corrected chi connectivity index (χ2v) is 5.51. The highest BCUT2D eigenvalue weighted by molar-refractivity contribution is 5.86. The molecule has 1 aromatic carbocycles. The number of benzene rings is 1. The molecule has 112 valence electrons. The lowest BCUT2D eigenvalue weighted by molar-refractivity contribution is -0.122. The first kappa shape index (κ1) is 15.3. The first-order valence-corrected chi connectivity index (χ1v) is 7.31. The Morgan fingerprint density at radius 1 is 1.43 bits per heavy atom.